The second kappa shape index (κ2) is 18.2. The van der Waals surface area contributed by atoms with Gasteiger partial charge in [0.25, 0.3) is 0 Å². The normalized spacial score (nSPS) is 16.2. The highest BCUT2D eigenvalue weighted by molar-refractivity contribution is 7.14. The van der Waals surface area contributed by atoms with Crippen LogP contribution in [0.5, 0.6) is 17.2 Å². The maximum Gasteiger partial charge on any atom is 0.387 e. The molecule has 2 aromatic heterocycles. The lowest BCUT2D eigenvalue weighted by atomic mass is 9.85. The number of rotatable bonds is 17. The molecule has 3 heterocycles. The van der Waals surface area contributed by atoms with E-state index in [-0.39, 0.29) is 57.7 Å². The van der Waals surface area contributed by atoms with E-state index in [4.69, 9.17) is 37.4 Å². The zero-order valence-electron chi connectivity index (χ0n) is 29.9. The van der Waals surface area contributed by atoms with Crippen LogP contribution in [0.1, 0.15) is 74.4 Å². The van der Waals surface area contributed by atoms with Gasteiger partial charge in [0.2, 0.25) is 12.4 Å². The van der Waals surface area contributed by atoms with Gasteiger partial charge in [0.1, 0.15) is 26.7 Å². The molecule has 11 nitrogen and oxygen atoms in total. The molecule has 1 saturated carbocycles. The first-order chi connectivity index (χ1) is 26.3. The number of nitrogens with one attached hydrogen (secondary N) is 1. The molecule has 0 spiro atoms. The van der Waals surface area contributed by atoms with E-state index in [0.717, 1.165) is 50.1 Å². The summed E-state index contributed by atoms with van der Waals surface area (Å²) in [7, 11) is 2.05. The maximum atomic E-state index is 13.6. The Balaban J connectivity index is 1.33. The summed E-state index contributed by atoms with van der Waals surface area (Å²) in [5, 5.41) is 34.2. The Morgan fingerprint density at radius 2 is 1.69 bits per heavy atom. The Morgan fingerprint density at radius 1 is 0.982 bits per heavy atom. The van der Waals surface area contributed by atoms with Gasteiger partial charge < -0.3 is 29.3 Å². The smallest absolute Gasteiger partial charge is 0.387 e. The molecule has 4 N–H and O–H groups in total. The van der Waals surface area contributed by atoms with Crippen molar-refractivity contribution in [2.45, 2.75) is 57.2 Å². The Bertz CT molecular complexity index is 1970. The van der Waals surface area contributed by atoms with Crippen molar-refractivity contribution in [2.75, 3.05) is 33.4 Å². The number of nitrogens with zero attached hydrogens (tertiary/aromatic N) is 2. The van der Waals surface area contributed by atoms with Gasteiger partial charge in [-0.1, -0.05) is 41.4 Å². The lowest BCUT2D eigenvalue weighted by molar-refractivity contribution is -0.904. The fourth-order valence-electron chi connectivity index (χ4n) is 6.61. The Labute approximate surface area is 330 Å². The van der Waals surface area contributed by atoms with Gasteiger partial charge in [-0.3, -0.25) is 10.5 Å². The number of aromatic hydroxyl groups is 1. The summed E-state index contributed by atoms with van der Waals surface area (Å²) in [6.45, 7) is -0.664. The molecule has 1 saturated heterocycles. The Morgan fingerprint density at radius 3 is 2.35 bits per heavy atom. The number of aromatic nitrogens is 1. The van der Waals surface area contributed by atoms with Gasteiger partial charge in [-0.15, -0.1) is 11.3 Å². The van der Waals surface area contributed by atoms with Crippen molar-refractivity contribution in [2.24, 2.45) is 11.8 Å². The summed E-state index contributed by atoms with van der Waals surface area (Å²) in [6.07, 6.45) is 6.27. The van der Waals surface area contributed by atoms with Gasteiger partial charge in [0.05, 0.1) is 13.2 Å². The second-order valence-electron chi connectivity index (χ2n) is 14.0. The number of phenols is 1. The van der Waals surface area contributed by atoms with Crippen molar-refractivity contribution in [3.8, 4) is 17.2 Å². The highest BCUT2D eigenvalue weighted by Gasteiger charge is 2.31. The number of alkyl halides is 2. The largest absolute Gasteiger partial charge is 0.508 e. The van der Waals surface area contributed by atoms with Crippen LogP contribution in [0.25, 0.3) is 0 Å². The predicted molar refractivity (Wildman–Crippen MR) is 201 cm³/mol. The van der Waals surface area contributed by atoms with Crippen LogP contribution in [-0.4, -0.2) is 72.2 Å². The lowest BCUT2D eigenvalue weighted by Crippen LogP contribution is -2.34. The molecular weight excluding hydrogens is 779 g/mol. The average molecular weight is 822 g/mol. The number of hydrogen-bond donors (Lipinski definition) is 4. The van der Waals surface area contributed by atoms with Crippen LogP contribution in [0.2, 0.25) is 10.0 Å². The molecule has 2 aliphatic rings. The molecule has 1 aliphatic heterocycles. The monoisotopic (exact) mass is 820 g/mol. The molecule has 2 fully saturated rings. The number of carboxylic acid groups (broad SMARTS) is 1. The van der Waals surface area contributed by atoms with Gasteiger partial charge in [-0.25, -0.2) is 9.59 Å². The first-order valence-corrected chi connectivity index (χ1v) is 19.4. The quantitative estimate of drug-likeness (QED) is 0.0482. The third-order valence-electron chi connectivity index (χ3n) is 9.83. The van der Waals surface area contributed by atoms with Gasteiger partial charge in [-0.05, 0) is 111 Å². The number of pyridine rings is 1. The minimum atomic E-state index is -3.10. The molecule has 16 heteroatoms. The van der Waals surface area contributed by atoms with E-state index in [9.17, 15) is 33.8 Å². The van der Waals surface area contributed by atoms with E-state index in [1.807, 2.05) is 0 Å². The number of halogens is 4. The van der Waals surface area contributed by atoms with Crippen LogP contribution >= 0.6 is 34.5 Å². The summed E-state index contributed by atoms with van der Waals surface area (Å²) in [4.78, 5) is 29.2. The number of esters is 1. The van der Waals surface area contributed by atoms with Crippen molar-refractivity contribution >= 4 is 46.5 Å². The van der Waals surface area contributed by atoms with Crippen molar-refractivity contribution in [1.82, 2.24) is 10.2 Å². The standard InChI is InChI=1S/C39H41Cl2F2N3O8S/c1-45-11-9-23(10-12-45)21-53-38(50)35(25-3-2-4-26(47)13-25)44-17-27-15-29(36(55-27)37(48)49)28(16-30-31(40)18-46(51)19-32(30)41)24-7-8-33(54-39(42)43)34(14-24)52-20-22-5-6-22/h2-4,7-8,13-15,18-19,22-23,28,35,39,44H,5-6,9-12,16-17,20-21H2,1H3,(H2-,47,48,49,51)/p+1/t28-,35?/m0/s1. The lowest BCUT2D eigenvalue weighted by Gasteiger charge is -2.29. The molecule has 0 bridgehead atoms. The summed E-state index contributed by atoms with van der Waals surface area (Å²) < 4.78 is 44.0. The van der Waals surface area contributed by atoms with E-state index >= 15 is 0 Å². The van der Waals surface area contributed by atoms with E-state index in [2.05, 4.69) is 17.3 Å². The molecule has 0 amide bonds. The summed E-state index contributed by atoms with van der Waals surface area (Å²) in [6, 6.07) is 11.5. The van der Waals surface area contributed by atoms with Crippen molar-refractivity contribution in [1.29, 1.82) is 0 Å². The van der Waals surface area contributed by atoms with E-state index in [1.165, 1.54) is 30.6 Å². The van der Waals surface area contributed by atoms with Crippen molar-refractivity contribution < 1.29 is 52.7 Å². The highest BCUT2D eigenvalue weighted by atomic mass is 35.5. The number of piperidine rings is 1. The molecule has 6 rings (SSSR count). The van der Waals surface area contributed by atoms with Crippen LogP contribution in [0.4, 0.5) is 8.78 Å². The number of likely N-dealkylation sites (tertiary alicyclic amines) is 1. The molecule has 2 aromatic carbocycles. The first-order valence-electron chi connectivity index (χ1n) is 17.9. The highest BCUT2D eigenvalue weighted by Crippen LogP contribution is 2.42. The predicted octanol–water partition coefficient (Wildman–Crippen LogP) is 7.46. The number of hydrogen-bond acceptors (Lipinski definition) is 10. The molecule has 1 aliphatic carbocycles. The van der Waals surface area contributed by atoms with Crippen LogP contribution in [0.3, 0.4) is 0 Å². The number of carbonyl (C=O) groups excluding carboxylic acids is 1. The maximum absolute atomic E-state index is 13.6. The number of carbonyl (C=O) groups is 2. The molecular formula is C39H42Cl2F2N3O8S+. The number of thiophene rings is 1. The van der Waals surface area contributed by atoms with Crippen LogP contribution in [0, 0.1) is 11.8 Å². The van der Waals surface area contributed by atoms with Gasteiger partial charge >= 0.3 is 18.6 Å². The zero-order chi connectivity index (χ0) is 39.2. The number of benzene rings is 2. The van der Waals surface area contributed by atoms with Gasteiger partial charge in [0, 0.05) is 27.6 Å². The number of ether oxygens (including phenoxy) is 3. The molecule has 4 aromatic rings. The fraction of sp³-hybridized carbons (Fsp3) is 0.410. The SMILES string of the molecule is CN1CCC(COC(=O)C(NCc2cc([C@@H](Cc3c(Cl)c[n+](O)cc3Cl)c3ccc(OC(F)F)c(OCC4CC4)c3)c(C(=O)O)s2)c2cccc(O)c2)CC1. The fourth-order valence-corrected chi connectivity index (χ4v) is 8.23. The zero-order valence-corrected chi connectivity index (χ0v) is 32.3. The number of carboxylic acids is 1. The molecule has 55 heavy (non-hydrogen) atoms. The van der Waals surface area contributed by atoms with Crippen LogP contribution < -0.4 is 19.5 Å². The van der Waals surface area contributed by atoms with Gasteiger partial charge in [-0.2, -0.15) is 8.78 Å². The van der Waals surface area contributed by atoms with Gasteiger partial charge in [0.15, 0.2) is 11.5 Å². The summed E-state index contributed by atoms with van der Waals surface area (Å²) in [5.41, 5.74) is 1.76. The van der Waals surface area contributed by atoms with E-state index in [0.29, 0.717) is 44.4 Å². The van der Waals surface area contributed by atoms with Crippen LogP contribution in [0.15, 0.2) is 60.9 Å². The number of phenolic OH excluding ortho intramolecular Hbond substituents is 1. The molecule has 0 radical (unpaired) electrons. The minimum absolute atomic E-state index is 0.00528. The van der Waals surface area contributed by atoms with E-state index in [1.54, 1.807) is 30.3 Å². The topological polar surface area (TPSA) is 142 Å². The Hall–Kier alpha value is -4.21. The summed E-state index contributed by atoms with van der Waals surface area (Å²) >= 11 is 14.1. The first kappa shape index (κ1) is 40.5. The Kier molecular flexibility index (Phi) is 13.4. The van der Waals surface area contributed by atoms with Crippen molar-refractivity contribution in [3.63, 3.8) is 0 Å². The molecule has 294 valence electrons. The third-order valence-corrected chi connectivity index (χ3v) is 11.6. The van der Waals surface area contributed by atoms with Crippen LogP contribution in [-0.2, 0) is 22.5 Å². The molecule has 2 atom stereocenters. The van der Waals surface area contributed by atoms with E-state index < -0.39 is 30.5 Å². The average Bonchev–Trinajstić information content (AvgIpc) is 3.87. The number of aromatic carboxylic acids is 1. The summed E-state index contributed by atoms with van der Waals surface area (Å²) in [5.74, 6) is -2.09. The van der Waals surface area contributed by atoms with Crippen molar-refractivity contribution in [3.05, 3.63) is 103 Å². The second-order valence-corrected chi connectivity index (χ2v) is 15.9. The molecule has 1 unspecified atom stereocenters. The third kappa shape index (κ3) is 10.8. The minimum Gasteiger partial charge on any atom is -0.508 e.